The third-order valence-electron chi connectivity index (χ3n) is 6.49. The van der Waals surface area contributed by atoms with Crippen LogP contribution in [-0.2, 0) is 0 Å². The normalized spacial score (nSPS) is 19.2. The molecule has 0 aliphatic carbocycles. The van der Waals surface area contributed by atoms with E-state index >= 15 is 0 Å². The summed E-state index contributed by atoms with van der Waals surface area (Å²) in [5, 5.41) is 1.36. The molecule has 8 heteroatoms. The molecular formula is C25H25Cl2N5O. The van der Waals surface area contributed by atoms with E-state index < -0.39 is 0 Å². The minimum atomic E-state index is 0.0866. The number of hydrogen-bond acceptors (Lipinski definition) is 5. The van der Waals surface area contributed by atoms with Gasteiger partial charge in [-0.25, -0.2) is 9.97 Å². The van der Waals surface area contributed by atoms with Gasteiger partial charge in [0, 0.05) is 72.5 Å². The molecule has 2 aliphatic heterocycles. The maximum Gasteiger partial charge on any atom is 0.253 e. The molecule has 1 atom stereocenters. The van der Waals surface area contributed by atoms with Crippen LogP contribution in [0.25, 0.3) is 11.3 Å². The summed E-state index contributed by atoms with van der Waals surface area (Å²) in [4.78, 5) is 28.5. The molecule has 1 amide bonds. The van der Waals surface area contributed by atoms with Crippen LogP contribution in [-0.4, -0.2) is 71.0 Å². The number of carbonyl (C=O) groups excluding carboxylic acids is 1. The van der Waals surface area contributed by atoms with Crippen molar-refractivity contribution >= 4 is 34.9 Å². The average molecular weight is 482 g/mol. The number of nitrogens with zero attached hydrogens (tertiary/aromatic N) is 5. The number of likely N-dealkylation sites (tertiary alicyclic amines) is 1. The number of anilines is 1. The molecule has 2 saturated heterocycles. The molecular weight excluding hydrogens is 457 g/mol. The topological polar surface area (TPSA) is 52.6 Å². The molecule has 0 saturated carbocycles. The Morgan fingerprint density at radius 1 is 0.848 bits per heavy atom. The van der Waals surface area contributed by atoms with Crippen LogP contribution in [0.2, 0.25) is 10.0 Å². The number of amides is 1. The van der Waals surface area contributed by atoms with Crippen molar-refractivity contribution in [3.05, 3.63) is 76.5 Å². The highest BCUT2D eigenvalue weighted by atomic mass is 35.5. The summed E-state index contributed by atoms with van der Waals surface area (Å²) in [6, 6.07) is 17.3. The van der Waals surface area contributed by atoms with Gasteiger partial charge < -0.3 is 9.80 Å². The van der Waals surface area contributed by atoms with Crippen molar-refractivity contribution < 1.29 is 4.79 Å². The molecule has 0 bridgehead atoms. The molecule has 2 fully saturated rings. The number of halogens is 2. The zero-order chi connectivity index (χ0) is 22.8. The summed E-state index contributed by atoms with van der Waals surface area (Å²) in [5.74, 6) is 1.03. The number of benzene rings is 2. The number of aromatic nitrogens is 2. The van der Waals surface area contributed by atoms with Gasteiger partial charge in [-0.15, -0.1) is 0 Å². The largest absolute Gasteiger partial charge is 0.354 e. The van der Waals surface area contributed by atoms with Crippen LogP contribution in [0.5, 0.6) is 0 Å². The first-order valence-corrected chi connectivity index (χ1v) is 11.9. The van der Waals surface area contributed by atoms with Crippen molar-refractivity contribution in [1.29, 1.82) is 0 Å². The Morgan fingerprint density at radius 3 is 2.21 bits per heavy atom. The lowest BCUT2D eigenvalue weighted by atomic mass is 10.1. The van der Waals surface area contributed by atoms with Crippen LogP contribution < -0.4 is 4.90 Å². The number of rotatable bonds is 4. The third-order valence-corrected chi connectivity index (χ3v) is 6.99. The fraction of sp³-hybridized carbons (Fsp3) is 0.320. The van der Waals surface area contributed by atoms with E-state index in [0.29, 0.717) is 21.7 Å². The van der Waals surface area contributed by atoms with Crippen molar-refractivity contribution in [2.24, 2.45) is 0 Å². The van der Waals surface area contributed by atoms with E-state index in [2.05, 4.69) is 19.8 Å². The Bertz CT molecular complexity index is 1110. The van der Waals surface area contributed by atoms with Crippen LogP contribution in [0.3, 0.4) is 0 Å². The molecule has 2 aromatic carbocycles. The van der Waals surface area contributed by atoms with Gasteiger partial charge in [-0.3, -0.25) is 9.69 Å². The van der Waals surface area contributed by atoms with Gasteiger partial charge in [0.15, 0.2) is 0 Å². The minimum Gasteiger partial charge on any atom is -0.354 e. The van der Waals surface area contributed by atoms with Crippen molar-refractivity contribution in [2.45, 2.75) is 12.5 Å². The maximum atomic E-state index is 12.8. The van der Waals surface area contributed by atoms with E-state index in [1.807, 2.05) is 35.2 Å². The second kappa shape index (κ2) is 9.67. The summed E-state index contributed by atoms with van der Waals surface area (Å²) < 4.78 is 0. The maximum absolute atomic E-state index is 12.8. The van der Waals surface area contributed by atoms with Crippen LogP contribution in [0, 0.1) is 0 Å². The highest BCUT2D eigenvalue weighted by molar-refractivity contribution is 6.30. The van der Waals surface area contributed by atoms with Crippen molar-refractivity contribution in [3.63, 3.8) is 0 Å². The van der Waals surface area contributed by atoms with Crippen molar-refractivity contribution in [3.8, 4) is 11.3 Å². The first-order valence-electron chi connectivity index (χ1n) is 11.2. The second-order valence-corrected chi connectivity index (χ2v) is 9.36. The first kappa shape index (κ1) is 22.1. The predicted molar refractivity (Wildman–Crippen MR) is 132 cm³/mol. The molecule has 1 aromatic heterocycles. The van der Waals surface area contributed by atoms with E-state index in [1.165, 1.54) is 0 Å². The van der Waals surface area contributed by atoms with Gasteiger partial charge in [-0.05, 0) is 42.8 Å². The zero-order valence-electron chi connectivity index (χ0n) is 18.2. The lowest BCUT2D eigenvalue weighted by Gasteiger charge is -2.38. The van der Waals surface area contributed by atoms with E-state index in [4.69, 9.17) is 23.2 Å². The van der Waals surface area contributed by atoms with E-state index in [1.54, 1.807) is 30.6 Å². The Balaban J connectivity index is 1.18. The summed E-state index contributed by atoms with van der Waals surface area (Å²) in [6.07, 6.45) is 2.64. The summed E-state index contributed by atoms with van der Waals surface area (Å²) in [6.45, 7) is 5.28. The van der Waals surface area contributed by atoms with Crippen molar-refractivity contribution in [2.75, 3.05) is 44.2 Å². The van der Waals surface area contributed by atoms with Crippen LogP contribution in [0.4, 0.5) is 5.82 Å². The Hall–Kier alpha value is -2.67. The van der Waals surface area contributed by atoms with Gasteiger partial charge in [0.2, 0.25) is 0 Å². The molecule has 0 spiro atoms. The fourth-order valence-electron chi connectivity index (χ4n) is 4.61. The monoisotopic (exact) mass is 481 g/mol. The molecule has 5 rings (SSSR count). The predicted octanol–water partition coefficient (Wildman–Crippen LogP) is 4.49. The van der Waals surface area contributed by atoms with Gasteiger partial charge in [0.1, 0.15) is 12.1 Å². The smallest absolute Gasteiger partial charge is 0.253 e. The lowest BCUT2D eigenvalue weighted by molar-refractivity contribution is 0.0775. The molecule has 33 heavy (non-hydrogen) atoms. The second-order valence-electron chi connectivity index (χ2n) is 8.49. The zero-order valence-corrected chi connectivity index (χ0v) is 19.7. The van der Waals surface area contributed by atoms with E-state index in [0.717, 1.165) is 62.8 Å². The highest BCUT2D eigenvalue weighted by Crippen LogP contribution is 2.25. The van der Waals surface area contributed by atoms with Gasteiger partial charge >= 0.3 is 0 Å². The number of piperazine rings is 1. The van der Waals surface area contributed by atoms with E-state index in [9.17, 15) is 4.79 Å². The Morgan fingerprint density at radius 2 is 1.52 bits per heavy atom. The average Bonchev–Trinajstić information content (AvgIpc) is 3.35. The van der Waals surface area contributed by atoms with Crippen LogP contribution in [0.1, 0.15) is 16.8 Å². The number of hydrogen-bond donors (Lipinski definition) is 0. The molecule has 3 aromatic rings. The van der Waals surface area contributed by atoms with Gasteiger partial charge in [0.25, 0.3) is 5.91 Å². The van der Waals surface area contributed by atoms with Crippen molar-refractivity contribution in [1.82, 2.24) is 19.8 Å². The van der Waals surface area contributed by atoms with E-state index in [-0.39, 0.29) is 5.91 Å². The Kier molecular flexibility index (Phi) is 6.49. The van der Waals surface area contributed by atoms with Gasteiger partial charge in [0.05, 0.1) is 5.69 Å². The van der Waals surface area contributed by atoms with Gasteiger partial charge in [-0.2, -0.15) is 0 Å². The summed E-state index contributed by atoms with van der Waals surface area (Å²) in [7, 11) is 0. The molecule has 3 heterocycles. The number of carbonyl (C=O) groups is 1. The highest BCUT2D eigenvalue weighted by Gasteiger charge is 2.32. The van der Waals surface area contributed by atoms with Crippen LogP contribution >= 0.6 is 23.2 Å². The molecule has 2 aliphatic rings. The molecule has 0 N–H and O–H groups in total. The standard InChI is InChI=1S/C25H25Cl2N5O/c26-20-5-1-18(2-6-20)23-15-24(29-17-28-23)31-13-11-30(12-14-31)22-9-10-32(16-22)25(33)19-3-7-21(27)8-4-19/h1-8,15,17,22H,9-14,16H2. The fourth-order valence-corrected chi connectivity index (χ4v) is 4.87. The lowest BCUT2D eigenvalue weighted by Crippen LogP contribution is -2.51. The summed E-state index contributed by atoms with van der Waals surface area (Å²) >= 11 is 12.0. The Labute approximate surface area is 203 Å². The molecule has 0 radical (unpaired) electrons. The quantitative estimate of drug-likeness (QED) is 0.549. The van der Waals surface area contributed by atoms with Gasteiger partial charge in [-0.1, -0.05) is 35.3 Å². The SMILES string of the molecule is O=C(c1ccc(Cl)cc1)N1CCC(N2CCN(c3cc(-c4ccc(Cl)cc4)ncn3)CC2)C1. The molecule has 170 valence electrons. The first-order chi connectivity index (χ1) is 16.1. The molecule has 6 nitrogen and oxygen atoms in total. The summed E-state index contributed by atoms with van der Waals surface area (Å²) in [5.41, 5.74) is 2.62. The minimum absolute atomic E-state index is 0.0866. The molecule has 1 unspecified atom stereocenters. The van der Waals surface area contributed by atoms with Crippen LogP contribution in [0.15, 0.2) is 60.9 Å². The third kappa shape index (κ3) is 4.98.